The number of anilines is 1. The fraction of sp³-hybridized carbons (Fsp3) is 0.167. The van der Waals surface area contributed by atoms with Gasteiger partial charge in [-0.15, -0.1) is 0 Å². The van der Waals surface area contributed by atoms with Crippen LogP contribution < -0.4 is 9.62 Å². The van der Waals surface area contributed by atoms with Crippen LogP contribution in [0, 0.1) is 13.8 Å². The Kier molecular flexibility index (Phi) is 7.55. The van der Waals surface area contributed by atoms with Gasteiger partial charge in [0, 0.05) is 5.56 Å². The second kappa shape index (κ2) is 10.8. The summed E-state index contributed by atoms with van der Waals surface area (Å²) < 4.78 is 26.5. The van der Waals surface area contributed by atoms with Crippen LogP contribution in [0.15, 0.2) is 103 Å². The Hall–Kier alpha value is -3.90. The van der Waals surface area contributed by atoms with Crippen LogP contribution in [0.3, 0.4) is 0 Å². The van der Waals surface area contributed by atoms with Crippen LogP contribution in [0.5, 0.6) is 0 Å². The van der Waals surface area contributed by atoms with Crippen molar-refractivity contribution in [2.24, 2.45) is 0 Å². The molecule has 0 aliphatic heterocycles. The van der Waals surface area contributed by atoms with Crippen LogP contribution in [-0.2, 0) is 16.6 Å². The van der Waals surface area contributed by atoms with Gasteiger partial charge in [0.1, 0.15) is 0 Å². The highest BCUT2D eigenvalue weighted by molar-refractivity contribution is 7.92. The van der Waals surface area contributed by atoms with E-state index in [1.165, 1.54) is 10.6 Å². The zero-order valence-corrected chi connectivity index (χ0v) is 21.5. The number of nitrogens with zero attached hydrogens (tertiary/aromatic N) is 1. The number of nitrogens with one attached hydrogen (secondary N) is 1. The van der Waals surface area contributed by atoms with Gasteiger partial charge in [-0.3, -0.25) is 9.10 Å². The number of benzene rings is 4. The van der Waals surface area contributed by atoms with E-state index in [-0.39, 0.29) is 18.5 Å². The average molecular weight is 499 g/mol. The number of amides is 1. The van der Waals surface area contributed by atoms with Crippen LogP contribution >= 0.6 is 0 Å². The van der Waals surface area contributed by atoms with Gasteiger partial charge < -0.3 is 5.32 Å². The van der Waals surface area contributed by atoms with Crippen LogP contribution in [-0.4, -0.2) is 20.6 Å². The first-order valence-corrected chi connectivity index (χ1v) is 13.6. The number of hydrogen-bond donors (Lipinski definition) is 1. The summed E-state index contributed by atoms with van der Waals surface area (Å²) >= 11 is 0. The number of rotatable bonds is 8. The van der Waals surface area contributed by atoms with Gasteiger partial charge in [-0.25, -0.2) is 8.42 Å². The minimum atomic E-state index is -3.50. The Morgan fingerprint density at radius 1 is 0.778 bits per heavy atom. The SMILES string of the molecule is Cc1ccc(N(Cc2ccc(C(=O)NC(c3ccccc3)c3ccccc3)cc2)S(C)(=O)=O)cc1C. The molecule has 0 bridgehead atoms. The predicted molar refractivity (Wildman–Crippen MR) is 146 cm³/mol. The lowest BCUT2D eigenvalue weighted by Crippen LogP contribution is -2.30. The van der Waals surface area contributed by atoms with E-state index in [2.05, 4.69) is 5.32 Å². The van der Waals surface area contributed by atoms with Gasteiger partial charge in [0.05, 0.1) is 24.5 Å². The van der Waals surface area contributed by atoms with E-state index in [4.69, 9.17) is 0 Å². The summed E-state index contributed by atoms with van der Waals surface area (Å²) in [6, 6.07) is 32.1. The first kappa shape index (κ1) is 25.2. The molecule has 184 valence electrons. The van der Waals surface area contributed by atoms with Crippen molar-refractivity contribution in [3.8, 4) is 0 Å². The third kappa shape index (κ3) is 6.01. The number of hydrogen-bond acceptors (Lipinski definition) is 3. The number of carbonyl (C=O) groups is 1. The zero-order valence-electron chi connectivity index (χ0n) is 20.7. The topological polar surface area (TPSA) is 66.5 Å². The summed E-state index contributed by atoms with van der Waals surface area (Å²) in [5.74, 6) is -0.201. The van der Waals surface area contributed by atoms with Gasteiger partial charge in [-0.1, -0.05) is 78.9 Å². The molecule has 4 aromatic rings. The zero-order chi connectivity index (χ0) is 25.7. The van der Waals surface area contributed by atoms with Crippen LogP contribution in [0.25, 0.3) is 0 Å². The second-order valence-electron chi connectivity index (χ2n) is 8.96. The molecule has 0 fully saturated rings. The molecule has 0 spiro atoms. The first-order chi connectivity index (χ1) is 17.2. The third-order valence-electron chi connectivity index (χ3n) is 6.26. The van der Waals surface area contributed by atoms with Crippen molar-refractivity contribution in [1.29, 1.82) is 0 Å². The molecule has 6 heteroatoms. The van der Waals surface area contributed by atoms with E-state index in [1.54, 1.807) is 24.3 Å². The minimum Gasteiger partial charge on any atom is -0.341 e. The average Bonchev–Trinajstić information content (AvgIpc) is 2.88. The molecular weight excluding hydrogens is 468 g/mol. The van der Waals surface area contributed by atoms with E-state index in [0.29, 0.717) is 11.3 Å². The highest BCUT2D eigenvalue weighted by Gasteiger charge is 2.20. The maximum absolute atomic E-state index is 13.2. The van der Waals surface area contributed by atoms with Gasteiger partial charge in [0.15, 0.2) is 0 Å². The smallest absolute Gasteiger partial charge is 0.252 e. The van der Waals surface area contributed by atoms with E-state index in [1.807, 2.05) is 92.7 Å². The van der Waals surface area contributed by atoms with Crippen LogP contribution in [0.2, 0.25) is 0 Å². The molecule has 0 aliphatic carbocycles. The normalized spacial score (nSPS) is 11.3. The first-order valence-electron chi connectivity index (χ1n) is 11.8. The quantitative estimate of drug-likeness (QED) is 0.334. The molecule has 1 amide bonds. The molecule has 0 aliphatic rings. The fourth-order valence-electron chi connectivity index (χ4n) is 4.07. The Morgan fingerprint density at radius 3 is 1.83 bits per heavy atom. The predicted octanol–water partition coefficient (Wildman–Crippen LogP) is 5.79. The lowest BCUT2D eigenvalue weighted by Gasteiger charge is -2.23. The molecule has 0 unspecified atom stereocenters. The largest absolute Gasteiger partial charge is 0.341 e. The fourth-order valence-corrected chi connectivity index (χ4v) is 4.95. The van der Waals surface area contributed by atoms with Gasteiger partial charge in [0.25, 0.3) is 5.91 Å². The van der Waals surface area contributed by atoms with E-state index in [9.17, 15) is 13.2 Å². The molecule has 0 aromatic heterocycles. The minimum absolute atomic E-state index is 0.180. The van der Waals surface area contributed by atoms with Crippen molar-refractivity contribution in [1.82, 2.24) is 5.32 Å². The van der Waals surface area contributed by atoms with Crippen molar-refractivity contribution in [2.75, 3.05) is 10.6 Å². The Bertz CT molecular complexity index is 1400. The van der Waals surface area contributed by atoms with E-state index in [0.717, 1.165) is 27.8 Å². The van der Waals surface area contributed by atoms with Gasteiger partial charge >= 0.3 is 0 Å². The molecule has 0 heterocycles. The van der Waals surface area contributed by atoms with Crippen molar-refractivity contribution in [3.63, 3.8) is 0 Å². The Balaban J connectivity index is 1.54. The summed E-state index contributed by atoms with van der Waals surface area (Å²) in [4.78, 5) is 13.2. The highest BCUT2D eigenvalue weighted by atomic mass is 32.2. The molecule has 0 atom stereocenters. The molecule has 0 saturated heterocycles. The van der Waals surface area contributed by atoms with Crippen molar-refractivity contribution in [2.45, 2.75) is 26.4 Å². The number of carbonyl (C=O) groups excluding carboxylic acids is 1. The van der Waals surface area contributed by atoms with Crippen molar-refractivity contribution in [3.05, 3.63) is 137 Å². The third-order valence-corrected chi connectivity index (χ3v) is 7.40. The number of sulfonamides is 1. The Morgan fingerprint density at radius 2 is 1.33 bits per heavy atom. The molecule has 1 N–H and O–H groups in total. The summed E-state index contributed by atoms with van der Waals surface area (Å²) in [6.45, 7) is 4.14. The second-order valence-corrected chi connectivity index (χ2v) is 10.9. The van der Waals surface area contributed by atoms with Crippen molar-refractivity contribution < 1.29 is 13.2 Å². The number of aryl methyl sites for hydroxylation is 2. The maximum atomic E-state index is 13.2. The summed E-state index contributed by atoms with van der Waals surface area (Å²) in [5, 5.41) is 3.14. The lowest BCUT2D eigenvalue weighted by atomic mass is 9.98. The molecule has 4 aromatic carbocycles. The lowest BCUT2D eigenvalue weighted by molar-refractivity contribution is 0.0943. The monoisotopic (exact) mass is 498 g/mol. The van der Waals surface area contributed by atoms with Gasteiger partial charge in [-0.05, 0) is 65.9 Å². The van der Waals surface area contributed by atoms with Crippen LogP contribution in [0.1, 0.15) is 44.2 Å². The van der Waals surface area contributed by atoms with Crippen molar-refractivity contribution >= 4 is 21.6 Å². The molecule has 5 nitrogen and oxygen atoms in total. The Labute approximate surface area is 213 Å². The van der Waals surface area contributed by atoms with Gasteiger partial charge in [-0.2, -0.15) is 0 Å². The van der Waals surface area contributed by atoms with E-state index < -0.39 is 10.0 Å². The molecule has 36 heavy (non-hydrogen) atoms. The van der Waals surface area contributed by atoms with E-state index >= 15 is 0 Å². The molecule has 4 rings (SSSR count). The summed E-state index contributed by atoms with van der Waals surface area (Å²) in [5.41, 5.74) is 6.03. The maximum Gasteiger partial charge on any atom is 0.252 e. The summed E-state index contributed by atoms with van der Waals surface area (Å²) in [7, 11) is -3.50. The molecule has 0 radical (unpaired) electrons. The van der Waals surface area contributed by atoms with Crippen LogP contribution in [0.4, 0.5) is 5.69 Å². The summed E-state index contributed by atoms with van der Waals surface area (Å²) in [6.07, 6.45) is 1.21. The van der Waals surface area contributed by atoms with Gasteiger partial charge in [0.2, 0.25) is 10.0 Å². The standard InChI is InChI=1S/C30H30N2O3S/c1-22-14-19-28(20-23(22)2)32(36(3,34)35)21-24-15-17-27(18-16-24)30(33)31-29(25-10-6-4-7-11-25)26-12-8-5-9-13-26/h4-20,29H,21H2,1-3H3,(H,31,33). The molecule has 0 saturated carbocycles. The highest BCUT2D eigenvalue weighted by Crippen LogP contribution is 2.25. The molecular formula is C30H30N2O3S.